The quantitative estimate of drug-likeness (QED) is 0.776. The van der Waals surface area contributed by atoms with Crippen LogP contribution in [0.5, 0.6) is 0 Å². The number of benzene rings is 2. The summed E-state index contributed by atoms with van der Waals surface area (Å²) in [6.07, 6.45) is 0. The number of nitrogens with zero attached hydrogens (tertiary/aromatic N) is 1. The predicted molar refractivity (Wildman–Crippen MR) is 92.6 cm³/mol. The Kier molecular flexibility index (Phi) is 4.52. The molecule has 1 atom stereocenters. The highest BCUT2D eigenvalue weighted by atomic mass is 16.2. The first kappa shape index (κ1) is 15.7. The molecule has 0 saturated carbocycles. The molecule has 120 valence electrons. The summed E-state index contributed by atoms with van der Waals surface area (Å²) in [7, 11) is 0. The van der Waals surface area contributed by atoms with E-state index in [4.69, 9.17) is 0 Å². The molecule has 5 heteroatoms. The molecule has 0 radical (unpaired) electrons. The topological polar surface area (TPSA) is 74.8 Å². The van der Waals surface area contributed by atoms with Crippen LogP contribution in [-0.4, -0.2) is 15.9 Å². The Labute approximate surface area is 139 Å². The zero-order chi connectivity index (χ0) is 16.9. The summed E-state index contributed by atoms with van der Waals surface area (Å²) >= 11 is 0. The molecule has 0 aliphatic heterocycles. The molecule has 3 aromatic rings. The van der Waals surface area contributed by atoms with Gasteiger partial charge in [0.15, 0.2) is 0 Å². The second kappa shape index (κ2) is 6.91. The molecule has 0 aliphatic rings. The largest absolute Gasteiger partial charge is 0.346 e. The maximum Gasteiger partial charge on any atom is 0.346 e. The van der Waals surface area contributed by atoms with E-state index in [1.807, 2.05) is 67.6 Å². The van der Waals surface area contributed by atoms with Crippen LogP contribution in [0.2, 0.25) is 0 Å². The SMILES string of the molecule is CC(NC(=O)c1cc(-c2ccccc2)nc(=O)[nH]1)c1ccccc1. The van der Waals surface area contributed by atoms with E-state index in [0.29, 0.717) is 5.69 Å². The molecule has 1 heterocycles. The van der Waals surface area contributed by atoms with E-state index in [1.54, 1.807) is 6.07 Å². The molecule has 1 unspecified atom stereocenters. The number of H-pyrrole nitrogens is 1. The van der Waals surface area contributed by atoms with Crippen LogP contribution in [-0.2, 0) is 0 Å². The lowest BCUT2D eigenvalue weighted by Gasteiger charge is -2.14. The minimum absolute atomic E-state index is 0.171. The second-order valence-electron chi connectivity index (χ2n) is 5.46. The fourth-order valence-corrected chi connectivity index (χ4v) is 2.44. The van der Waals surface area contributed by atoms with Gasteiger partial charge in [-0.3, -0.25) is 4.79 Å². The molecule has 5 nitrogen and oxygen atoms in total. The van der Waals surface area contributed by atoms with Crippen molar-refractivity contribution in [1.29, 1.82) is 0 Å². The number of carbonyl (C=O) groups excluding carboxylic acids is 1. The van der Waals surface area contributed by atoms with Crippen molar-refractivity contribution in [3.05, 3.63) is 88.5 Å². The van der Waals surface area contributed by atoms with Gasteiger partial charge in [0.2, 0.25) is 0 Å². The van der Waals surface area contributed by atoms with E-state index in [2.05, 4.69) is 15.3 Å². The first-order valence-electron chi connectivity index (χ1n) is 7.66. The fraction of sp³-hybridized carbons (Fsp3) is 0.105. The van der Waals surface area contributed by atoms with Gasteiger partial charge in [-0.2, -0.15) is 4.98 Å². The number of hydrogen-bond acceptors (Lipinski definition) is 3. The maximum atomic E-state index is 12.5. The van der Waals surface area contributed by atoms with E-state index >= 15 is 0 Å². The molecular formula is C19H17N3O2. The van der Waals surface area contributed by atoms with E-state index in [9.17, 15) is 9.59 Å². The zero-order valence-corrected chi connectivity index (χ0v) is 13.2. The highest BCUT2D eigenvalue weighted by molar-refractivity contribution is 5.93. The van der Waals surface area contributed by atoms with Crippen molar-refractivity contribution in [3.8, 4) is 11.3 Å². The lowest BCUT2D eigenvalue weighted by atomic mass is 10.1. The Morgan fingerprint density at radius 3 is 2.33 bits per heavy atom. The van der Waals surface area contributed by atoms with Gasteiger partial charge in [0.1, 0.15) is 5.69 Å². The molecule has 0 spiro atoms. The zero-order valence-electron chi connectivity index (χ0n) is 13.2. The van der Waals surface area contributed by atoms with Gasteiger partial charge in [-0.05, 0) is 18.6 Å². The van der Waals surface area contributed by atoms with Gasteiger partial charge in [0, 0.05) is 5.56 Å². The van der Waals surface area contributed by atoms with Crippen LogP contribution in [0, 0.1) is 0 Å². The Balaban J connectivity index is 1.85. The highest BCUT2D eigenvalue weighted by Crippen LogP contribution is 2.16. The average molecular weight is 319 g/mol. The number of amides is 1. The third kappa shape index (κ3) is 3.57. The monoisotopic (exact) mass is 319 g/mol. The van der Waals surface area contributed by atoms with E-state index < -0.39 is 5.69 Å². The summed E-state index contributed by atoms with van der Waals surface area (Å²) < 4.78 is 0. The summed E-state index contributed by atoms with van der Waals surface area (Å²) in [5.41, 5.74) is 1.89. The predicted octanol–water partition coefficient (Wildman–Crippen LogP) is 2.93. The van der Waals surface area contributed by atoms with Crippen LogP contribution in [0.4, 0.5) is 0 Å². The molecule has 24 heavy (non-hydrogen) atoms. The fourth-order valence-electron chi connectivity index (χ4n) is 2.44. The van der Waals surface area contributed by atoms with E-state index in [-0.39, 0.29) is 17.6 Å². The molecular weight excluding hydrogens is 302 g/mol. The van der Waals surface area contributed by atoms with Crippen LogP contribution in [0.1, 0.15) is 29.0 Å². The smallest absolute Gasteiger partial charge is 0.344 e. The third-order valence-corrected chi connectivity index (χ3v) is 3.71. The van der Waals surface area contributed by atoms with Crippen molar-refractivity contribution in [2.45, 2.75) is 13.0 Å². The molecule has 2 N–H and O–H groups in total. The van der Waals surface area contributed by atoms with Crippen LogP contribution in [0.15, 0.2) is 71.5 Å². The Morgan fingerprint density at radius 1 is 1.04 bits per heavy atom. The molecule has 0 aliphatic carbocycles. The Bertz CT molecular complexity index is 889. The molecule has 0 saturated heterocycles. The Morgan fingerprint density at radius 2 is 1.67 bits per heavy atom. The average Bonchev–Trinajstić information content (AvgIpc) is 2.62. The molecule has 1 amide bonds. The number of hydrogen-bond donors (Lipinski definition) is 2. The van der Waals surface area contributed by atoms with Crippen molar-refractivity contribution in [2.24, 2.45) is 0 Å². The number of aromatic amines is 1. The van der Waals surface area contributed by atoms with E-state index in [0.717, 1.165) is 11.1 Å². The number of carbonyl (C=O) groups is 1. The maximum absolute atomic E-state index is 12.5. The summed E-state index contributed by atoms with van der Waals surface area (Å²) in [6, 6.07) is 20.3. The van der Waals surface area contributed by atoms with Gasteiger partial charge in [0.05, 0.1) is 11.7 Å². The van der Waals surface area contributed by atoms with Gasteiger partial charge in [0.25, 0.3) is 5.91 Å². The first-order chi connectivity index (χ1) is 11.6. The van der Waals surface area contributed by atoms with Crippen LogP contribution in [0.3, 0.4) is 0 Å². The van der Waals surface area contributed by atoms with Crippen molar-refractivity contribution in [2.75, 3.05) is 0 Å². The molecule has 2 aromatic carbocycles. The molecule has 1 aromatic heterocycles. The molecule has 3 rings (SSSR count). The third-order valence-electron chi connectivity index (χ3n) is 3.71. The minimum Gasteiger partial charge on any atom is -0.344 e. The molecule has 0 fully saturated rings. The Hall–Kier alpha value is -3.21. The van der Waals surface area contributed by atoms with Crippen LogP contribution in [0.25, 0.3) is 11.3 Å². The minimum atomic E-state index is -0.547. The standard InChI is InChI=1S/C19H17N3O2/c1-13(14-8-4-2-5-9-14)20-18(23)17-12-16(21-19(24)22-17)15-10-6-3-7-11-15/h2-13H,1H3,(H,20,23)(H,21,22,24). The van der Waals surface area contributed by atoms with Crippen molar-refractivity contribution in [3.63, 3.8) is 0 Å². The van der Waals surface area contributed by atoms with Gasteiger partial charge in [-0.25, -0.2) is 4.79 Å². The summed E-state index contributed by atoms with van der Waals surface area (Å²) in [4.78, 5) is 30.7. The number of aromatic nitrogens is 2. The summed E-state index contributed by atoms with van der Waals surface area (Å²) in [5, 5.41) is 2.88. The number of rotatable bonds is 4. The summed E-state index contributed by atoms with van der Waals surface area (Å²) in [6.45, 7) is 1.89. The lowest BCUT2D eigenvalue weighted by molar-refractivity contribution is 0.0934. The van der Waals surface area contributed by atoms with Gasteiger partial charge < -0.3 is 10.3 Å². The number of nitrogens with one attached hydrogen (secondary N) is 2. The van der Waals surface area contributed by atoms with Gasteiger partial charge >= 0.3 is 5.69 Å². The second-order valence-corrected chi connectivity index (χ2v) is 5.46. The van der Waals surface area contributed by atoms with Crippen LogP contribution < -0.4 is 11.0 Å². The van der Waals surface area contributed by atoms with Crippen LogP contribution >= 0.6 is 0 Å². The first-order valence-corrected chi connectivity index (χ1v) is 7.66. The normalized spacial score (nSPS) is 11.7. The lowest BCUT2D eigenvalue weighted by Crippen LogP contribution is -2.29. The van der Waals surface area contributed by atoms with Gasteiger partial charge in [-0.1, -0.05) is 60.7 Å². The van der Waals surface area contributed by atoms with E-state index in [1.165, 1.54) is 0 Å². The van der Waals surface area contributed by atoms with Crippen molar-refractivity contribution < 1.29 is 4.79 Å². The van der Waals surface area contributed by atoms with Gasteiger partial charge in [-0.15, -0.1) is 0 Å². The highest BCUT2D eigenvalue weighted by Gasteiger charge is 2.14. The molecule has 0 bridgehead atoms. The van der Waals surface area contributed by atoms with Crippen molar-refractivity contribution >= 4 is 5.91 Å². The summed E-state index contributed by atoms with van der Waals surface area (Å²) in [5.74, 6) is -0.344. The van der Waals surface area contributed by atoms with Crippen molar-refractivity contribution in [1.82, 2.24) is 15.3 Å².